The second-order valence-electron chi connectivity index (χ2n) is 10.1. The number of hydrogen-bond donors (Lipinski definition) is 1. The van der Waals surface area contributed by atoms with Crippen molar-refractivity contribution in [2.24, 2.45) is 0 Å². The maximum absolute atomic E-state index is 10.8. The van der Waals surface area contributed by atoms with Gasteiger partial charge in [0, 0.05) is 29.8 Å². The Bertz CT molecular complexity index is 1350. The highest BCUT2D eigenvalue weighted by molar-refractivity contribution is 5.86. The first-order valence-corrected chi connectivity index (χ1v) is 13.3. The van der Waals surface area contributed by atoms with Gasteiger partial charge in [-0.25, -0.2) is 9.97 Å². The Morgan fingerprint density at radius 2 is 1.56 bits per heavy atom. The van der Waals surface area contributed by atoms with E-state index in [1.165, 1.54) is 29.7 Å². The van der Waals surface area contributed by atoms with Gasteiger partial charge in [-0.1, -0.05) is 73.9 Å². The second kappa shape index (κ2) is 10.7. The molecule has 1 fully saturated rings. The van der Waals surface area contributed by atoms with Gasteiger partial charge in [-0.05, 0) is 56.6 Å². The zero-order chi connectivity index (χ0) is 25.1. The lowest BCUT2D eigenvalue weighted by molar-refractivity contribution is -0.137. The molecule has 5 heteroatoms. The van der Waals surface area contributed by atoms with Crippen LogP contribution in [0.2, 0.25) is 0 Å². The molecule has 0 amide bonds. The maximum Gasteiger partial charge on any atom is 0.303 e. The van der Waals surface area contributed by atoms with Crippen LogP contribution in [0.4, 0.5) is 0 Å². The Morgan fingerprint density at radius 1 is 0.917 bits per heavy atom. The largest absolute Gasteiger partial charge is 0.481 e. The van der Waals surface area contributed by atoms with Gasteiger partial charge in [-0.15, -0.1) is 0 Å². The van der Waals surface area contributed by atoms with Crippen molar-refractivity contribution < 1.29 is 9.90 Å². The predicted molar refractivity (Wildman–Crippen MR) is 145 cm³/mol. The number of fused-ring (bicyclic) bond motifs is 1. The fourth-order valence-electron chi connectivity index (χ4n) is 4.94. The van der Waals surface area contributed by atoms with Crippen molar-refractivity contribution in [2.45, 2.75) is 77.7 Å². The molecule has 0 unspecified atom stereocenters. The molecule has 5 rings (SSSR count). The average Bonchev–Trinajstić information content (AvgIpc) is 3.67. The lowest BCUT2D eigenvalue weighted by Gasteiger charge is -2.13. The third-order valence-electron chi connectivity index (χ3n) is 7.23. The van der Waals surface area contributed by atoms with E-state index in [1.807, 2.05) is 0 Å². The zero-order valence-corrected chi connectivity index (χ0v) is 21.3. The number of carboxylic acid groups (broad SMARTS) is 1. The minimum absolute atomic E-state index is 0.257. The maximum atomic E-state index is 10.8. The first-order valence-electron chi connectivity index (χ1n) is 13.3. The van der Waals surface area contributed by atoms with E-state index in [0.29, 0.717) is 5.92 Å². The summed E-state index contributed by atoms with van der Waals surface area (Å²) < 4.78 is 2.39. The molecule has 1 saturated carbocycles. The van der Waals surface area contributed by atoms with E-state index in [2.05, 4.69) is 73.0 Å². The number of rotatable bonds is 11. The lowest BCUT2D eigenvalue weighted by Crippen LogP contribution is -2.05. The Balaban J connectivity index is 1.54. The number of aryl methyl sites for hydroxylation is 3. The molecular formula is C31H35N3O2. The van der Waals surface area contributed by atoms with Gasteiger partial charge in [0.15, 0.2) is 5.65 Å². The van der Waals surface area contributed by atoms with Crippen LogP contribution in [0.1, 0.15) is 74.6 Å². The topological polar surface area (TPSA) is 68.0 Å². The molecule has 0 aliphatic heterocycles. The van der Waals surface area contributed by atoms with Crippen molar-refractivity contribution in [1.29, 1.82) is 0 Å². The van der Waals surface area contributed by atoms with Crippen LogP contribution in [0.5, 0.6) is 0 Å². The van der Waals surface area contributed by atoms with E-state index in [1.54, 1.807) is 0 Å². The minimum atomic E-state index is -0.707. The normalized spacial score (nSPS) is 13.4. The van der Waals surface area contributed by atoms with Crippen molar-refractivity contribution >= 4 is 17.1 Å². The van der Waals surface area contributed by atoms with Gasteiger partial charge in [0.25, 0.3) is 0 Å². The molecule has 1 N–H and O–H groups in total. The summed E-state index contributed by atoms with van der Waals surface area (Å²) in [6.07, 6.45) is 7.46. The van der Waals surface area contributed by atoms with Crippen molar-refractivity contribution in [1.82, 2.24) is 14.5 Å². The number of nitrogens with zero attached hydrogens (tertiary/aromatic N) is 3. The van der Waals surface area contributed by atoms with Gasteiger partial charge in [-0.3, -0.25) is 4.79 Å². The highest BCUT2D eigenvalue weighted by atomic mass is 16.4. The second-order valence-corrected chi connectivity index (χ2v) is 10.1. The highest BCUT2D eigenvalue weighted by Gasteiger charge is 2.29. The number of hydrogen-bond acceptors (Lipinski definition) is 3. The summed E-state index contributed by atoms with van der Waals surface area (Å²) in [6, 6.07) is 19.5. The molecule has 186 valence electrons. The molecule has 0 bridgehead atoms. The highest BCUT2D eigenvalue weighted by Crippen LogP contribution is 2.43. The number of benzene rings is 2. The van der Waals surface area contributed by atoms with Gasteiger partial charge in [0.1, 0.15) is 5.52 Å². The van der Waals surface area contributed by atoms with E-state index in [9.17, 15) is 4.79 Å². The molecule has 1 aliphatic rings. The smallest absolute Gasteiger partial charge is 0.303 e. The van der Waals surface area contributed by atoms with E-state index >= 15 is 0 Å². The van der Waals surface area contributed by atoms with E-state index in [0.717, 1.165) is 72.3 Å². The number of carboxylic acids is 1. The van der Waals surface area contributed by atoms with Crippen LogP contribution in [0.25, 0.3) is 33.7 Å². The summed E-state index contributed by atoms with van der Waals surface area (Å²) in [5.41, 5.74) is 9.86. The Morgan fingerprint density at radius 3 is 2.19 bits per heavy atom. The van der Waals surface area contributed by atoms with E-state index < -0.39 is 5.97 Å². The van der Waals surface area contributed by atoms with Crippen LogP contribution in [0, 0.1) is 6.92 Å². The molecule has 2 aromatic heterocycles. The van der Waals surface area contributed by atoms with Crippen molar-refractivity contribution in [3.05, 3.63) is 71.4 Å². The summed E-state index contributed by atoms with van der Waals surface area (Å²) in [6.45, 7) is 5.18. The molecule has 0 atom stereocenters. The molecule has 0 spiro atoms. The van der Waals surface area contributed by atoms with Crippen LogP contribution in [-0.2, 0) is 17.8 Å². The molecule has 0 radical (unpaired) electrons. The van der Waals surface area contributed by atoms with Gasteiger partial charge >= 0.3 is 5.97 Å². The molecule has 2 aromatic carbocycles. The number of unbranched alkanes of at least 4 members (excludes halogenated alkanes) is 3. The predicted octanol–water partition coefficient (Wildman–Crippen LogP) is 7.55. The lowest BCUT2D eigenvalue weighted by atomic mass is 10.0. The standard InChI is InChI=1S/C31H35N3O2/c1-3-22-11-15-25(16-12-22)29-30(24-13-9-21(2)10-14-24)33-31-26(32-29)20-27(23-17-18-23)34(31)19-7-5-4-6-8-28(35)36/h9-16,20,23H,3-8,17-19H2,1-2H3,(H,35,36). The molecule has 4 aromatic rings. The summed E-state index contributed by atoms with van der Waals surface area (Å²) in [7, 11) is 0. The quantitative estimate of drug-likeness (QED) is 0.225. The molecule has 2 heterocycles. The molecule has 36 heavy (non-hydrogen) atoms. The number of aliphatic carboxylic acids is 1. The fourth-order valence-corrected chi connectivity index (χ4v) is 4.94. The summed E-state index contributed by atoms with van der Waals surface area (Å²) in [5, 5.41) is 8.89. The van der Waals surface area contributed by atoms with E-state index in [4.69, 9.17) is 15.1 Å². The van der Waals surface area contributed by atoms with Crippen LogP contribution in [-0.4, -0.2) is 25.6 Å². The Hall–Kier alpha value is -3.47. The fraction of sp³-hybridized carbons (Fsp3) is 0.387. The first kappa shape index (κ1) is 24.2. The third-order valence-corrected chi connectivity index (χ3v) is 7.23. The van der Waals surface area contributed by atoms with Crippen molar-refractivity contribution in [2.75, 3.05) is 0 Å². The molecular weight excluding hydrogens is 446 g/mol. The van der Waals surface area contributed by atoms with Crippen LogP contribution in [0.3, 0.4) is 0 Å². The Labute approximate surface area is 213 Å². The number of aromatic nitrogens is 3. The van der Waals surface area contributed by atoms with Gasteiger partial charge in [0.2, 0.25) is 0 Å². The number of carbonyl (C=O) groups is 1. The third kappa shape index (κ3) is 5.35. The first-order chi connectivity index (χ1) is 17.5. The van der Waals surface area contributed by atoms with E-state index in [-0.39, 0.29) is 6.42 Å². The van der Waals surface area contributed by atoms with Crippen LogP contribution in [0.15, 0.2) is 54.6 Å². The summed E-state index contributed by atoms with van der Waals surface area (Å²) in [5.74, 6) is -0.107. The zero-order valence-electron chi connectivity index (χ0n) is 21.3. The Kier molecular flexibility index (Phi) is 7.17. The monoisotopic (exact) mass is 481 g/mol. The van der Waals surface area contributed by atoms with Crippen LogP contribution < -0.4 is 0 Å². The van der Waals surface area contributed by atoms with Gasteiger partial charge in [0.05, 0.1) is 11.4 Å². The van der Waals surface area contributed by atoms with Crippen LogP contribution >= 0.6 is 0 Å². The average molecular weight is 482 g/mol. The van der Waals surface area contributed by atoms with Gasteiger partial charge < -0.3 is 9.67 Å². The summed E-state index contributed by atoms with van der Waals surface area (Å²) >= 11 is 0. The van der Waals surface area contributed by atoms with Crippen molar-refractivity contribution in [3.8, 4) is 22.5 Å². The summed E-state index contributed by atoms with van der Waals surface area (Å²) in [4.78, 5) is 21.3. The van der Waals surface area contributed by atoms with Crippen molar-refractivity contribution in [3.63, 3.8) is 0 Å². The SMILES string of the molecule is CCc1ccc(-c2nc3cc(C4CC4)n(CCCCCCC(=O)O)c3nc2-c2ccc(C)cc2)cc1. The molecule has 0 saturated heterocycles. The molecule has 5 nitrogen and oxygen atoms in total. The molecule has 1 aliphatic carbocycles. The van der Waals surface area contributed by atoms with Gasteiger partial charge in [-0.2, -0.15) is 0 Å². The minimum Gasteiger partial charge on any atom is -0.481 e.